The lowest BCUT2D eigenvalue weighted by atomic mass is 9.86. The van der Waals surface area contributed by atoms with Crippen LogP contribution in [-0.2, 0) is 4.79 Å². The summed E-state index contributed by atoms with van der Waals surface area (Å²) in [5.41, 5.74) is 0. The minimum atomic E-state index is -0.872. The van der Waals surface area contributed by atoms with Crippen molar-refractivity contribution in [3.05, 3.63) is 0 Å². The average molecular weight is 156 g/mol. The molecule has 1 aliphatic carbocycles. The number of hydrogen-bond donors (Lipinski definition) is 0. The highest BCUT2D eigenvalue weighted by atomic mass is 28.3. The molecule has 0 heterocycles. The molecule has 0 saturated heterocycles. The van der Waals surface area contributed by atoms with Crippen LogP contribution >= 0.6 is 0 Å². The fourth-order valence-corrected chi connectivity index (χ4v) is 3.62. The average Bonchev–Trinajstić information content (AvgIpc) is 1.57. The van der Waals surface area contributed by atoms with Crippen molar-refractivity contribution in [3.63, 3.8) is 0 Å². The summed E-state index contributed by atoms with van der Waals surface area (Å²) in [6.45, 7) is 7.11. The Bertz CT molecular complexity index is 138. The van der Waals surface area contributed by atoms with Gasteiger partial charge in [-0.25, -0.2) is 0 Å². The minimum Gasteiger partial charge on any atom is -0.300 e. The van der Waals surface area contributed by atoms with Crippen LogP contribution in [0.1, 0.15) is 12.8 Å². The van der Waals surface area contributed by atoms with Crippen molar-refractivity contribution >= 4 is 13.9 Å². The molecule has 0 aromatic rings. The first-order valence-electron chi connectivity index (χ1n) is 3.99. The molecular formula is C8H16OSi. The van der Waals surface area contributed by atoms with E-state index in [2.05, 4.69) is 19.6 Å². The van der Waals surface area contributed by atoms with Gasteiger partial charge >= 0.3 is 0 Å². The molecule has 0 N–H and O–H groups in total. The topological polar surface area (TPSA) is 17.1 Å². The van der Waals surface area contributed by atoms with Crippen LogP contribution in [-0.4, -0.2) is 13.9 Å². The number of hydrogen-bond acceptors (Lipinski definition) is 1. The second kappa shape index (κ2) is 2.49. The summed E-state index contributed by atoms with van der Waals surface area (Å²) in [4.78, 5) is 10.6. The summed E-state index contributed by atoms with van der Waals surface area (Å²) in [7, 11) is -0.872. The van der Waals surface area contributed by atoms with E-state index >= 15 is 0 Å². The van der Waals surface area contributed by atoms with Gasteiger partial charge in [0.15, 0.2) is 0 Å². The van der Waals surface area contributed by atoms with Gasteiger partial charge in [-0.3, -0.25) is 4.79 Å². The predicted molar refractivity (Wildman–Crippen MR) is 45.9 cm³/mol. The summed E-state index contributed by atoms with van der Waals surface area (Å²) < 4.78 is 0. The predicted octanol–water partition coefficient (Wildman–Crippen LogP) is 2.30. The fraction of sp³-hybridized carbons (Fsp3) is 0.875. The zero-order valence-corrected chi connectivity index (χ0v) is 8.11. The van der Waals surface area contributed by atoms with E-state index in [0.29, 0.717) is 5.78 Å². The molecule has 0 spiro atoms. The summed E-state index contributed by atoms with van der Waals surface area (Å²) in [6.07, 6.45) is 1.76. The Hall–Kier alpha value is -0.113. The van der Waals surface area contributed by atoms with Crippen molar-refractivity contribution in [2.24, 2.45) is 5.92 Å². The van der Waals surface area contributed by atoms with E-state index in [0.717, 1.165) is 18.8 Å². The molecule has 0 unspecified atom stereocenters. The monoisotopic (exact) mass is 156 g/mol. The second-order valence-electron chi connectivity index (χ2n) is 4.58. The largest absolute Gasteiger partial charge is 0.300 e. The van der Waals surface area contributed by atoms with Gasteiger partial charge in [-0.15, -0.1) is 0 Å². The Morgan fingerprint density at radius 1 is 1.40 bits per heavy atom. The lowest BCUT2D eigenvalue weighted by Crippen LogP contribution is -2.31. The highest BCUT2D eigenvalue weighted by Gasteiger charge is 2.30. The molecular weight excluding hydrogens is 140 g/mol. The Morgan fingerprint density at radius 3 is 2.20 bits per heavy atom. The summed E-state index contributed by atoms with van der Waals surface area (Å²) in [5, 5.41) is 0. The van der Waals surface area contributed by atoms with Gasteiger partial charge in [0.2, 0.25) is 0 Å². The third-order valence-electron chi connectivity index (χ3n) is 1.93. The summed E-state index contributed by atoms with van der Waals surface area (Å²) >= 11 is 0. The first-order valence-corrected chi connectivity index (χ1v) is 7.70. The van der Waals surface area contributed by atoms with Gasteiger partial charge in [0.05, 0.1) is 0 Å². The molecule has 1 rings (SSSR count). The highest BCUT2D eigenvalue weighted by Crippen LogP contribution is 2.31. The Labute approximate surface area is 63.8 Å². The van der Waals surface area contributed by atoms with Crippen LogP contribution in [0.3, 0.4) is 0 Å². The number of carbonyl (C=O) groups excluding carboxylic acids is 1. The van der Waals surface area contributed by atoms with Crippen LogP contribution in [0.5, 0.6) is 0 Å². The van der Waals surface area contributed by atoms with E-state index in [1.165, 1.54) is 6.04 Å². The zero-order chi connectivity index (χ0) is 7.78. The van der Waals surface area contributed by atoms with E-state index < -0.39 is 8.07 Å². The van der Waals surface area contributed by atoms with Gasteiger partial charge < -0.3 is 0 Å². The molecule has 0 bridgehead atoms. The zero-order valence-electron chi connectivity index (χ0n) is 7.11. The first kappa shape index (κ1) is 7.99. The molecule has 0 aromatic carbocycles. The Morgan fingerprint density at radius 2 is 1.90 bits per heavy atom. The number of rotatable bonds is 2. The molecule has 1 saturated carbocycles. The van der Waals surface area contributed by atoms with Crippen LogP contribution < -0.4 is 0 Å². The summed E-state index contributed by atoms with van der Waals surface area (Å²) in [5.74, 6) is 1.24. The molecule has 0 amide bonds. The van der Waals surface area contributed by atoms with Gasteiger partial charge in [0, 0.05) is 20.9 Å². The van der Waals surface area contributed by atoms with Gasteiger partial charge in [-0.05, 0) is 5.92 Å². The van der Waals surface area contributed by atoms with Crippen LogP contribution in [0.2, 0.25) is 25.7 Å². The second-order valence-corrected chi connectivity index (χ2v) is 10.1. The molecule has 0 aliphatic heterocycles. The van der Waals surface area contributed by atoms with Gasteiger partial charge in [0.25, 0.3) is 0 Å². The van der Waals surface area contributed by atoms with Gasteiger partial charge in [-0.2, -0.15) is 0 Å². The summed E-state index contributed by atoms with van der Waals surface area (Å²) in [6, 6.07) is 1.35. The fourth-order valence-electron chi connectivity index (χ4n) is 1.59. The smallest absolute Gasteiger partial charge is 0.133 e. The molecule has 0 radical (unpaired) electrons. The van der Waals surface area contributed by atoms with E-state index in [4.69, 9.17) is 0 Å². The molecule has 0 atom stereocenters. The van der Waals surface area contributed by atoms with Crippen molar-refractivity contribution < 1.29 is 4.79 Å². The first-order chi connectivity index (χ1) is 4.47. The molecule has 58 valence electrons. The lowest BCUT2D eigenvalue weighted by molar-refractivity contribution is -0.126. The van der Waals surface area contributed by atoms with Crippen molar-refractivity contribution in [2.75, 3.05) is 0 Å². The van der Waals surface area contributed by atoms with Crippen molar-refractivity contribution in [2.45, 2.75) is 38.5 Å². The van der Waals surface area contributed by atoms with Gasteiger partial charge in [-0.1, -0.05) is 25.7 Å². The van der Waals surface area contributed by atoms with Crippen molar-refractivity contribution in [1.29, 1.82) is 0 Å². The highest BCUT2D eigenvalue weighted by molar-refractivity contribution is 6.76. The van der Waals surface area contributed by atoms with Crippen LogP contribution in [0, 0.1) is 5.92 Å². The quantitative estimate of drug-likeness (QED) is 0.561. The van der Waals surface area contributed by atoms with Crippen molar-refractivity contribution in [3.8, 4) is 0 Å². The van der Waals surface area contributed by atoms with Crippen LogP contribution in [0.15, 0.2) is 0 Å². The van der Waals surface area contributed by atoms with E-state index in [9.17, 15) is 4.79 Å². The number of carbonyl (C=O) groups is 1. The molecule has 2 heteroatoms. The van der Waals surface area contributed by atoms with Crippen LogP contribution in [0.25, 0.3) is 0 Å². The third-order valence-corrected chi connectivity index (χ3v) is 3.74. The molecule has 1 nitrogen and oxygen atoms in total. The molecule has 1 fully saturated rings. The maximum Gasteiger partial charge on any atom is 0.133 e. The number of Topliss-reactive ketones (excluding diaryl/α,β-unsaturated/α-hetero) is 1. The maximum atomic E-state index is 10.6. The lowest BCUT2D eigenvalue weighted by Gasteiger charge is -2.29. The third kappa shape index (κ3) is 2.25. The standard InChI is InChI=1S/C8H16OSi/c1-10(2,3)6-7-4-8(9)5-7/h7H,4-6H2,1-3H3. The van der Waals surface area contributed by atoms with E-state index in [1.807, 2.05) is 0 Å². The van der Waals surface area contributed by atoms with E-state index in [1.54, 1.807) is 0 Å². The Balaban J connectivity index is 2.22. The SMILES string of the molecule is C[Si](C)(C)CC1CC(=O)C1. The van der Waals surface area contributed by atoms with Gasteiger partial charge in [0.1, 0.15) is 5.78 Å². The molecule has 10 heavy (non-hydrogen) atoms. The maximum absolute atomic E-state index is 10.6. The molecule has 1 aliphatic rings. The van der Waals surface area contributed by atoms with Crippen LogP contribution in [0.4, 0.5) is 0 Å². The Kier molecular flexibility index (Phi) is 1.99. The minimum absolute atomic E-state index is 0.475. The van der Waals surface area contributed by atoms with E-state index in [-0.39, 0.29) is 0 Å². The normalized spacial score (nSPS) is 20.9. The van der Waals surface area contributed by atoms with Crippen molar-refractivity contribution in [1.82, 2.24) is 0 Å². The number of ketones is 1. The molecule has 0 aromatic heterocycles.